The molecule has 1 heterocycles. The van der Waals surface area contributed by atoms with Gasteiger partial charge in [0.25, 0.3) is 5.91 Å². The van der Waals surface area contributed by atoms with Crippen molar-refractivity contribution in [2.24, 2.45) is 11.0 Å². The van der Waals surface area contributed by atoms with Crippen molar-refractivity contribution in [3.05, 3.63) is 35.6 Å². The second-order valence-corrected chi connectivity index (χ2v) is 4.15. The Kier molecular flexibility index (Phi) is 4.09. The van der Waals surface area contributed by atoms with Crippen LogP contribution in [0.1, 0.15) is 12.5 Å². The second-order valence-electron chi connectivity index (χ2n) is 4.15. The lowest BCUT2D eigenvalue weighted by Gasteiger charge is -2.25. The van der Waals surface area contributed by atoms with E-state index in [1.807, 2.05) is 0 Å². The van der Waals surface area contributed by atoms with Crippen LogP contribution < -0.4 is 5.43 Å². The molecule has 1 amide bonds. The van der Waals surface area contributed by atoms with E-state index in [9.17, 15) is 19.1 Å². The molecule has 106 valence electrons. The third kappa shape index (κ3) is 2.67. The minimum atomic E-state index is -1.44. The molecule has 2 atom stereocenters. The Bertz CT molecular complexity index is 556. The molecule has 1 aromatic carbocycles. The van der Waals surface area contributed by atoms with E-state index >= 15 is 0 Å². The van der Waals surface area contributed by atoms with Crippen LogP contribution in [0.3, 0.4) is 0 Å². The van der Waals surface area contributed by atoms with Crippen LogP contribution in [-0.2, 0) is 14.3 Å². The molecule has 20 heavy (non-hydrogen) atoms. The normalized spacial score (nSPS) is 21.9. The molecule has 6 nitrogen and oxygen atoms in total. The molecule has 2 rings (SSSR count). The van der Waals surface area contributed by atoms with E-state index < -0.39 is 29.7 Å². The maximum atomic E-state index is 12.9. The number of amides is 1. The molecule has 0 saturated heterocycles. The molecule has 0 aliphatic carbocycles. The molecule has 1 aliphatic heterocycles. The van der Waals surface area contributed by atoms with E-state index in [0.29, 0.717) is 5.56 Å². The fourth-order valence-corrected chi connectivity index (χ4v) is 1.88. The van der Waals surface area contributed by atoms with Gasteiger partial charge in [0, 0.05) is 5.56 Å². The van der Waals surface area contributed by atoms with Crippen molar-refractivity contribution in [3.63, 3.8) is 0 Å². The summed E-state index contributed by atoms with van der Waals surface area (Å²) in [6.45, 7) is 1.69. The predicted molar refractivity (Wildman–Crippen MR) is 67.2 cm³/mol. The minimum absolute atomic E-state index is 0.0858. The van der Waals surface area contributed by atoms with E-state index in [4.69, 9.17) is 4.74 Å². The highest BCUT2D eigenvalue weighted by atomic mass is 19.1. The Hall–Kier alpha value is -2.28. The second kappa shape index (κ2) is 5.79. The first-order valence-electron chi connectivity index (χ1n) is 6.02. The summed E-state index contributed by atoms with van der Waals surface area (Å²) in [5.74, 6) is -3.38. The number of hydrogen-bond donors (Lipinski definition) is 2. The first kappa shape index (κ1) is 14.1. The van der Waals surface area contributed by atoms with Gasteiger partial charge in [-0.15, -0.1) is 0 Å². The van der Waals surface area contributed by atoms with Crippen LogP contribution in [0.5, 0.6) is 0 Å². The highest BCUT2D eigenvalue weighted by molar-refractivity contribution is 6.13. The number of nitrogens with zero attached hydrogens (tertiary/aromatic N) is 1. The van der Waals surface area contributed by atoms with Crippen LogP contribution in [0.2, 0.25) is 0 Å². The highest BCUT2D eigenvalue weighted by Crippen LogP contribution is 2.18. The fourth-order valence-electron chi connectivity index (χ4n) is 1.88. The van der Waals surface area contributed by atoms with Gasteiger partial charge < -0.3 is 9.84 Å². The molecule has 0 saturated carbocycles. The lowest BCUT2D eigenvalue weighted by molar-refractivity contribution is -0.155. The molecule has 1 aliphatic rings. The Morgan fingerprint density at radius 1 is 1.45 bits per heavy atom. The topological polar surface area (TPSA) is 88.0 Å². The van der Waals surface area contributed by atoms with Crippen LogP contribution in [0.15, 0.2) is 29.4 Å². The monoisotopic (exact) mass is 280 g/mol. The Labute approximate surface area is 114 Å². The van der Waals surface area contributed by atoms with Gasteiger partial charge in [-0.3, -0.25) is 9.59 Å². The molecule has 0 radical (unpaired) electrons. The quantitative estimate of drug-likeness (QED) is 0.611. The van der Waals surface area contributed by atoms with E-state index in [0.717, 1.165) is 0 Å². The number of nitrogens with one attached hydrogen (secondary N) is 1. The summed E-state index contributed by atoms with van der Waals surface area (Å²) >= 11 is 0. The average molecular weight is 280 g/mol. The zero-order valence-electron chi connectivity index (χ0n) is 10.7. The van der Waals surface area contributed by atoms with E-state index in [1.165, 1.54) is 24.3 Å². The molecule has 2 unspecified atom stereocenters. The van der Waals surface area contributed by atoms with Gasteiger partial charge in [0.2, 0.25) is 0 Å². The van der Waals surface area contributed by atoms with Gasteiger partial charge in [-0.25, -0.2) is 9.82 Å². The zero-order valence-corrected chi connectivity index (χ0v) is 10.7. The molecule has 0 aromatic heterocycles. The van der Waals surface area contributed by atoms with Crippen molar-refractivity contribution < 1.29 is 23.8 Å². The number of carbonyl (C=O) groups excluding carboxylic acids is 2. The molecule has 1 aromatic rings. The first-order chi connectivity index (χ1) is 9.54. The van der Waals surface area contributed by atoms with Crippen molar-refractivity contribution in [1.29, 1.82) is 0 Å². The molecule has 0 spiro atoms. The largest absolute Gasteiger partial charge is 0.465 e. The number of hydrogen-bond acceptors (Lipinski definition) is 5. The summed E-state index contributed by atoms with van der Waals surface area (Å²) in [7, 11) is 0. The van der Waals surface area contributed by atoms with Gasteiger partial charge in [-0.1, -0.05) is 12.1 Å². The lowest BCUT2D eigenvalue weighted by atomic mass is 9.92. The Balaban J connectivity index is 2.29. The summed E-state index contributed by atoms with van der Waals surface area (Å²) in [4.78, 5) is 23.3. The molecular formula is C13H13FN2O4. The SMILES string of the molecule is CCOC(=O)C1C(=O)NN=C(c2ccc(F)cc2)C1O. The molecule has 0 bridgehead atoms. The maximum absolute atomic E-state index is 12.9. The van der Waals surface area contributed by atoms with E-state index in [-0.39, 0.29) is 12.3 Å². The first-order valence-corrected chi connectivity index (χ1v) is 6.02. The predicted octanol–water partition coefficient (Wildman–Crippen LogP) is 0.200. The van der Waals surface area contributed by atoms with Gasteiger partial charge >= 0.3 is 5.97 Å². The van der Waals surface area contributed by atoms with Crippen LogP contribution >= 0.6 is 0 Å². The Morgan fingerprint density at radius 3 is 2.70 bits per heavy atom. The molecular weight excluding hydrogens is 267 g/mol. The summed E-state index contributed by atoms with van der Waals surface area (Å²) in [5.41, 5.74) is 2.66. The van der Waals surface area contributed by atoms with Gasteiger partial charge in [0.1, 0.15) is 11.9 Å². The number of carbonyl (C=O) groups is 2. The van der Waals surface area contributed by atoms with Crippen LogP contribution in [0.4, 0.5) is 4.39 Å². The van der Waals surface area contributed by atoms with Crippen LogP contribution in [-0.4, -0.2) is 35.4 Å². The van der Waals surface area contributed by atoms with E-state index in [1.54, 1.807) is 6.92 Å². The van der Waals surface area contributed by atoms with Crippen molar-refractivity contribution >= 4 is 17.6 Å². The Morgan fingerprint density at radius 2 is 2.10 bits per heavy atom. The zero-order chi connectivity index (χ0) is 14.7. The smallest absolute Gasteiger partial charge is 0.321 e. The number of aliphatic hydroxyl groups excluding tert-OH is 1. The molecule has 2 N–H and O–H groups in total. The number of halogens is 1. The van der Waals surface area contributed by atoms with Gasteiger partial charge in [-0.05, 0) is 19.1 Å². The van der Waals surface area contributed by atoms with Crippen molar-refractivity contribution in [2.45, 2.75) is 13.0 Å². The standard InChI is InChI=1S/C13H13FN2O4/c1-2-20-13(19)9-11(17)10(15-16-12(9)18)7-3-5-8(14)6-4-7/h3-6,9,11,17H,2H2,1H3,(H,16,18). The summed E-state index contributed by atoms with van der Waals surface area (Å²) in [5, 5.41) is 13.9. The van der Waals surface area contributed by atoms with Crippen molar-refractivity contribution in [3.8, 4) is 0 Å². The van der Waals surface area contributed by atoms with Crippen LogP contribution in [0.25, 0.3) is 0 Å². The van der Waals surface area contributed by atoms with Crippen molar-refractivity contribution in [1.82, 2.24) is 5.43 Å². The van der Waals surface area contributed by atoms with Crippen LogP contribution in [0, 0.1) is 11.7 Å². The molecule has 0 fully saturated rings. The number of aliphatic hydroxyl groups is 1. The summed E-state index contributed by atoms with van der Waals surface area (Å²) in [6.07, 6.45) is -1.44. The fraction of sp³-hybridized carbons (Fsp3) is 0.308. The number of rotatable bonds is 3. The summed E-state index contributed by atoms with van der Waals surface area (Å²) in [6, 6.07) is 5.19. The molecule has 7 heteroatoms. The third-order valence-corrected chi connectivity index (χ3v) is 2.85. The lowest BCUT2D eigenvalue weighted by Crippen LogP contribution is -2.50. The highest BCUT2D eigenvalue weighted by Gasteiger charge is 2.41. The van der Waals surface area contributed by atoms with Gasteiger partial charge in [0.15, 0.2) is 5.92 Å². The van der Waals surface area contributed by atoms with Gasteiger partial charge in [-0.2, -0.15) is 5.10 Å². The number of ether oxygens (including phenoxy) is 1. The maximum Gasteiger partial charge on any atom is 0.321 e. The van der Waals surface area contributed by atoms with Gasteiger partial charge in [0.05, 0.1) is 12.3 Å². The van der Waals surface area contributed by atoms with Crippen molar-refractivity contribution in [2.75, 3.05) is 6.61 Å². The average Bonchev–Trinajstić information content (AvgIpc) is 2.41. The number of benzene rings is 1. The third-order valence-electron chi connectivity index (χ3n) is 2.85. The summed E-state index contributed by atoms with van der Waals surface area (Å²) < 4.78 is 17.6. The number of hydrazone groups is 1. The number of esters is 1. The minimum Gasteiger partial charge on any atom is -0.465 e. The van der Waals surface area contributed by atoms with E-state index in [2.05, 4.69) is 10.5 Å².